The van der Waals surface area contributed by atoms with Crippen LogP contribution >= 0.6 is 27.5 Å². The molecule has 104 valence electrons. The minimum Gasteiger partial charge on any atom is -0.289 e. The van der Waals surface area contributed by atoms with Crippen LogP contribution in [0.25, 0.3) is 10.9 Å². The average Bonchev–Trinajstić information content (AvgIpc) is 2.46. The zero-order chi connectivity index (χ0) is 15.0. The number of aromatic nitrogens is 1. The SMILES string of the molecule is Cc1ccc2cc(C(=O)c3ccc(Cl)cc3Br)ccc2n1. The van der Waals surface area contributed by atoms with Crippen LogP contribution < -0.4 is 0 Å². The number of ketones is 1. The summed E-state index contributed by atoms with van der Waals surface area (Å²) in [6.07, 6.45) is 0. The van der Waals surface area contributed by atoms with Crippen molar-refractivity contribution in [1.82, 2.24) is 4.98 Å². The van der Waals surface area contributed by atoms with Crippen molar-refractivity contribution in [2.75, 3.05) is 0 Å². The van der Waals surface area contributed by atoms with Crippen LogP contribution in [-0.4, -0.2) is 10.8 Å². The van der Waals surface area contributed by atoms with Crippen LogP contribution in [0.1, 0.15) is 21.6 Å². The van der Waals surface area contributed by atoms with Crippen LogP contribution in [0.5, 0.6) is 0 Å². The largest absolute Gasteiger partial charge is 0.289 e. The lowest BCUT2D eigenvalue weighted by molar-refractivity contribution is 0.103. The molecule has 2 aromatic carbocycles. The maximum atomic E-state index is 12.6. The molecule has 0 N–H and O–H groups in total. The molecule has 0 aliphatic carbocycles. The highest BCUT2D eigenvalue weighted by atomic mass is 79.9. The molecule has 0 saturated heterocycles. The summed E-state index contributed by atoms with van der Waals surface area (Å²) in [5, 5.41) is 1.55. The first-order valence-electron chi connectivity index (χ1n) is 6.42. The van der Waals surface area contributed by atoms with Crippen molar-refractivity contribution >= 4 is 44.2 Å². The van der Waals surface area contributed by atoms with Gasteiger partial charge in [0.2, 0.25) is 0 Å². The zero-order valence-electron chi connectivity index (χ0n) is 11.2. The number of carbonyl (C=O) groups excluding carboxylic acids is 1. The number of aryl methyl sites for hydroxylation is 1. The number of hydrogen-bond acceptors (Lipinski definition) is 2. The van der Waals surface area contributed by atoms with Gasteiger partial charge in [0, 0.05) is 31.7 Å². The van der Waals surface area contributed by atoms with E-state index in [4.69, 9.17) is 11.6 Å². The van der Waals surface area contributed by atoms with Crippen molar-refractivity contribution in [3.63, 3.8) is 0 Å². The molecule has 3 rings (SSSR count). The fourth-order valence-corrected chi connectivity index (χ4v) is 3.06. The molecule has 0 aliphatic heterocycles. The lowest BCUT2D eigenvalue weighted by atomic mass is 10.0. The number of nitrogens with zero attached hydrogens (tertiary/aromatic N) is 1. The smallest absolute Gasteiger partial charge is 0.194 e. The van der Waals surface area contributed by atoms with Crippen molar-refractivity contribution in [1.29, 1.82) is 0 Å². The zero-order valence-corrected chi connectivity index (χ0v) is 13.6. The third-order valence-corrected chi connectivity index (χ3v) is 4.16. The Morgan fingerprint density at radius 1 is 1.10 bits per heavy atom. The van der Waals surface area contributed by atoms with Gasteiger partial charge in [-0.25, -0.2) is 0 Å². The topological polar surface area (TPSA) is 30.0 Å². The number of fused-ring (bicyclic) bond motifs is 1. The number of carbonyl (C=O) groups is 1. The van der Waals surface area contributed by atoms with Gasteiger partial charge < -0.3 is 0 Å². The van der Waals surface area contributed by atoms with Crippen molar-refractivity contribution < 1.29 is 4.79 Å². The molecular formula is C17H11BrClNO. The van der Waals surface area contributed by atoms with E-state index in [1.54, 1.807) is 24.3 Å². The molecule has 1 heterocycles. The molecule has 0 saturated carbocycles. The van der Waals surface area contributed by atoms with Crippen molar-refractivity contribution in [2.45, 2.75) is 6.92 Å². The summed E-state index contributed by atoms with van der Waals surface area (Å²) in [4.78, 5) is 17.0. The molecular weight excluding hydrogens is 350 g/mol. The summed E-state index contributed by atoms with van der Waals surface area (Å²) in [6.45, 7) is 1.95. The Labute approximate surface area is 135 Å². The van der Waals surface area contributed by atoms with E-state index in [0.29, 0.717) is 20.6 Å². The van der Waals surface area contributed by atoms with Gasteiger partial charge in [-0.15, -0.1) is 0 Å². The summed E-state index contributed by atoms with van der Waals surface area (Å²) in [6, 6.07) is 14.6. The van der Waals surface area contributed by atoms with Crippen molar-refractivity contribution in [2.24, 2.45) is 0 Å². The molecule has 0 aliphatic rings. The van der Waals surface area contributed by atoms with Crippen LogP contribution in [0.3, 0.4) is 0 Å². The maximum absolute atomic E-state index is 12.6. The van der Waals surface area contributed by atoms with Gasteiger partial charge in [0.25, 0.3) is 0 Å². The molecule has 0 atom stereocenters. The van der Waals surface area contributed by atoms with Gasteiger partial charge >= 0.3 is 0 Å². The summed E-state index contributed by atoms with van der Waals surface area (Å²) in [5.74, 6) is -0.0407. The lowest BCUT2D eigenvalue weighted by Gasteiger charge is -2.06. The first kappa shape index (κ1) is 14.2. The highest BCUT2D eigenvalue weighted by molar-refractivity contribution is 9.10. The van der Waals surface area contributed by atoms with E-state index in [1.165, 1.54) is 0 Å². The molecule has 4 heteroatoms. The highest BCUT2D eigenvalue weighted by Gasteiger charge is 2.13. The Morgan fingerprint density at radius 3 is 2.67 bits per heavy atom. The molecule has 1 aromatic heterocycles. The number of hydrogen-bond donors (Lipinski definition) is 0. The van der Waals surface area contributed by atoms with E-state index >= 15 is 0 Å². The Hall–Kier alpha value is -1.71. The molecule has 0 radical (unpaired) electrons. The number of rotatable bonds is 2. The minimum atomic E-state index is -0.0407. The van der Waals surface area contributed by atoms with E-state index in [9.17, 15) is 4.79 Å². The van der Waals surface area contributed by atoms with Gasteiger partial charge in [-0.3, -0.25) is 9.78 Å². The Morgan fingerprint density at radius 2 is 1.90 bits per heavy atom. The summed E-state index contributed by atoms with van der Waals surface area (Å²) in [7, 11) is 0. The predicted molar refractivity (Wildman–Crippen MR) is 89.1 cm³/mol. The van der Waals surface area contributed by atoms with E-state index in [-0.39, 0.29) is 5.78 Å². The summed E-state index contributed by atoms with van der Waals surface area (Å²) in [5.41, 5.74) is 3.08. The van der Waals surface area contributed by atoms with Crippen molar-refractivity contribution in [3.05, 3.63) is 74.8 Å². The average molecular weight is 361 g/mol. The van der Waals surface area contributed by atoms with Gasteiger partial charge in [0.1, 0.15) is 0 Å². The predicted octanol–water partition coefficient (Wildman–Crippen LogP) is 5.19. The van der Waals surface area contributed by atoms with Gasteiger partial charge in [0.15, 0.2) is 5.78 Å². The quantitative estimate of drug-likeness (QED) is 0.589. The molecule has 0 amide bonds. The Balaban J connectivity index is 2.07. The number of pyridine rings is 1. The van der Waals surface area contributed by atoms with Gasteiger partial charge in [-0.1, -0.05) is 17.7 Å². The normalized spacial score (nSPS) is 10.8. The maximum Gasteiger partial charge on any atom is 0.194 e. The van der Waals surface area contributed by atoms with Gasteiger partial charge in [-0.2, -0.15) is 0 Å². The standard InChI is InChI=1S/C17H11BrClNO/c1-10-2-3-11-8-12(4-7-16(11)20-10)17(21)14-6-5-13(19)9-15(14)18/h2-9H,1H3. The molecule has 0 unspecified atom stereocenters. The fourth-order valence-electron chi connectivity index (χ4n) is 2.20. The first-order valence-corrected chi connectivity index (χ1v) is 7.59. The first-order chi connectivity index (χ1) is 10.0. The van der Waals surface area contributed by atoms with Crippen LogP contribution in [-0.2, 0) is 0 Å². The van der Waals surface area contributed by atoms with E-state index in [2.05, 4.69) is 20.9 Å². The minimum absolute atomic E-state index is 0.0407. The van der Waals surface area contributed by atoms with E-state index < -0.39 is 0 Å². The molecule has 2 nitrogen and oxygen atoms in total. The van der Waals surface area contributed by atoms with Crippen LogP contribution in [0.15, 0.2) is 53.0 Å². The second-order valence-electron chi connectivity index (χ2n) is 4.81. The number of benzene rings is 2. The third-order valence-electron chi connectivity index (χ3n) is 3.27. The van der Waals surface area contributed by atoms with Crippen LogP contribution in [0.4, 0.5) is 0 Å². The monoisotopic (exact) mass is 359 g/mol. The molecule has 0 fully saturated rings. The van der Waals surface area contributed by atoms with Gasteiger partial charge in [-0.05, 0) is 65.3 Å². The van der Waals surface area contributed by atoms with Crippen molar-refractivity contribution in [3.8, 4) is 0 Å². The summed E-state index contributed by atoms with van der Waals surface area (Å²) >= 11 is 9.30. The molecule has 3 aromatic rings. The molecule has 0 bridgehead atoms. The Bertz CT molecular complexity index is 861. The van der Waals surface area contributed by atoms with Gasteiger partial charge in [0.05, 0.1) is 5.52 Å². The molecule has 21 heavy (non-hydrogen) atoms. The number of halogens is 2. The third kappa shape index (κ3) is 2.85. The summed E-state index contributed by atoms with van der Waals surface area (Å²) < 4.78 is 0.696. The second-order valence-corrected chi connectivity index (χ2v) is 6.10. The Kier molecular flexibility index (Phi) is 3.79. The van der Waals surface area contributed by atoms with Crippen LogP contribution in [0, 0.1) is 6.92 Å². The fraction of sp³-hybridized carbons (Fsp3) is 0.0588. The van der Waals surface area contributed by atoms with E-state index in [1.807, 2.05) is 31.2 Å². The van der Waals surface area contributed by atoms with E-state index in [0.717, 1.165) is 16.6 Å². The molecule has 0 spiro atoms. The second kappa shape index (κ2) is 5.58. The highest BCUT2D eigenvalue weighted by Crippen LogP contribution is 2.25. The van der Waals surface area contributed by atoms with Crippen LogP contribution in [0.2, 0.25) is 5.02 Å². The lowest BCUT2D eigenvalue weighted by Crippen LogP contribution is -2.02.